The highest BCUT2D eigenvalue weighted by Gasteiger charge is 2.06. The van der Waals surface area contributed by atoms with E-state index in [0.29, 0.717) is 4.32 Å². The summed E-state index contributed by atoms with van der Waals surface area (Å²) in [6.07, 6.45) is 1.93. The number of benzene rings is 2. The number of thioether (sulfide) groups is 1. The average molecular weight is 286 g/mol. The van der Waals surface area contributed by atoms with Crippen molar-refractivity contribution in [1.82, 2.24) is 5.43 Å². The molecule has 2 rings (SSSR count). The van der Waals surface area contributed by atoms with Gasteiger partial charge in [0.15, 0.2) is 4.32 Å². The molecule has 2 aromatic carbocycles. The molecule has 0 atom stereocenters. The van der Waals surface area contributed by atoms with Crippen molar-refractivity contribution < 1.29 is 0 Å². The molecule has 2 aromatic rings. The molecule has 0 aliphatic carbocycles. The Labute approximate surface area is 122 Å². The standard InChI is InChI=1S/C15H14N2S2/c1-19-15(18)17-16-14(12-8-4-2-5-9-12)13-10-6-3-7-11-13/h2-11H,1H3,(H,17,18). The summed E-state index contributed by atoms with van der Waals surface area (Å²) in [5, 5.41) is 4.44. The van der Waals surface area contributed by atoms with Gasteiger partial charge in [-0.2, -0.15) is 5.10 Å². The summed E-state index contributed by atoms with van der Waals surface area (Å²) in [6, 6.07) is 20.1. The number of rotatable bonds is 3. The topological polar surface area (TPSA) is 24.4 Å². The monoisotopic (exact) mass is 286 g/mol. The fourth-order valence-electron chi connectivity index (χ4n) is 1.63. The van der Waals surface area contributed by atoms with Crippen LogP contribution in [0.5, 0.6) is 0 Å². The van der Waals surface area contributed by atoms with Crippen LogP contribution in [0.25, 0.3) is 0 Å². The quantitative estimate of drug-likeness (QED) is 0.529. The van der Waals surface area contributed by atoms with Crippen molar-refractivity contribution in [3.05, 3.63) is 71.8 Å². The first kappa shape index (κ1) is 13.8. The molecular weight excluding hydrogens is 272 g/mol. The third-order valence-electron chi connectivity index (χ3n) is 2.54. The lowest BCUT2D eigenvalue weighted by atomic mass is 10.0. The van der Waals surface area contributed by atoms with Crippen LogP contribution in [0.2, 0.25) is 0 Å². The minimum Gasteiger partial charge on any atom is -0.262 e. The van der Waals surface area contributed by atoms with E-state index in [1.165, 1.54) is 11.8 Å². The Hall–Kier alpha value is -1.65. The second-order valence-corrected chi connectivity index (χ2v) is 5.28. The van der Waals surface area contributed by atoms with Crippen molar-refractivity contribution >= 4 is 34.0 Å². The predicted octanol–water partition coefficient (Wildman–Crippen LogP) is 3.68. The molecule has 0 saturated heterocycles. The zero-order valence-corrected chi connectivity index (χ0v) is 12.2. The van der Waals surface area contributed by atoms with E-state index < -0.39 is 0 Å². The highest BCUT2D eigenvalue weighted by Crippen LogP contribution is 2.10. The summed E-state index contributed by atoms with van der Waals surface area (Å²) < 4.78 is 0.657. The Balaban J connectivity index is 2.37. The van der Waals surface area contributed by atoms with Crippen molar-refractivity contribution in [2.75, 3.05) is 6.26 Å². The smallest absolute Gasteiger partial charge is 0.153 e. The van der Waals surface area contributed by atoms with E-state index >= 15 is 0 Å². The minimum atomic E-state index is 0.657. The van der Waals surface area contributed by atoms with Crippen LogP contribution in [-0.4, -0.2) is 16.3 Å². The number of hydrazone groups is 1. The van der Waals surface area contributed by atoms with Crippen molar-refractivity contribution in [3.8, 4) is 0 Å². The summed E-state index contributed by atoms with van der Waals surface area (Å²) in [5.41, 5.74) is 5.92. The Morgan fingerprint density at radius 3 is 1.84 bits per heavy atom. The third-order valence-corrected chi connectivity index (χ3v) is 3.59. The molecular formula is C15H14N2S2. The average Bonchev–Trinajstić information content (AvgIpc) is 2.49. The van der Waals surface area contributed by atoms with Gasteiger partial charge in [0.1, 0.15) is 0 Å². The lowest BCUT2D eigenvalue weighted by Crippen LogP contribution is -2.15. The first-order valence-electron chi connectivity index (χ1n) is 5.84. The van der Waals surface area contributed by atoms with E-state index in [1.807, 2.05) is 66.9 Å². The molecule has 0 aliphatic rings. The summed E-state index contributed by atoms with van der Waals surface area (Å²) in [7, 11) is 0. The molecule has 0 spiro atoms. The number of nitrogens with one attached hydrogen (secondary N) is 1. The van der Waals surface area contributed by atoms with E-state index in [2.05, 4.69) is 10.5 Å². The molecule has 0 saturated carbocycles. The SMILES string of the molecule is CSC(=S)NN=C(c1ccccc1)c1ccccc1. The number of thiocarbonyl (C=S) groups is 1. The van der Waals surface area contributed by atoms with Gasteiger partial charge in [-0.15, -0.1) is 0 Å². The van der Waals surface area contributed by atoms with E-state index in [4.69, 9.17) is 12.2 Å². The van der Waals surface area contributed by atoms with Crippen molar-refractivity contribution in [3.63, 3.8) is 0 Å². The van der Waals surface area contributed by atoms with Crippen LogP contribution < -0.4 is 5.43 Å². The van der Waals surface area contributed by atoms with Crippen LogP contribution in [-0.2, 0) is 0 Å². The molecule has 0 aromatic heterocycles. The summed E-state index contributed by atoms with van der Waals surface area (Å²) in [6.45, 7) is 0. The van der Waals surface area contributed by atoms with Crippen LogP contribution in [0.1, 0.15) is 11.1 Å². The normalized spacial score (nSPS) is 9.74. The van der Waals surface area contributed by atoms with Gasteiger partial charge >= 0.3 is 0 Å². The fourth-order valence-corrected chi connectivity index (χ4v) is 1.82. The molecule has 0 aliphatic heterocycles. The van der Waals surface area contributed by atoms with Crippen molar-refractivity contribution in [1.29, 1.82) is 0 Å². The number of hydrogen-bond acceptors (Lipinski definition) is 3. The van der Waals surface area contributed by atoms with Gasteiger partial charge in [0.05, 0.1) is 5.71 Å². The minimum absolute atomic E-state index is 0.657. The van der Waals surface area contributed by atoms with Gasteiger partial charge in [-0.3, -0.25) is 5.43 Å². The molecule has 0 amide bonds. The summed E-state index contributed by atoms with van der Waals surface area (Å²) in [4.78, 5) is 0. The molecule has 19 heavy (non-hydrogen) atoms. The molecule has 4 heteroatoms. The van der Waals surface area contributed by atoms with Crippen LogP contribution in [0.3, 0.4) is 0 Å². The van der Waals surface area contributed by atoms with Gasteiger partial charge in [0.2, 0.25) is 0 Å². The van der Waals surface area contributed by atoms with Gasteiger partial charge < -0.3 is 0 Å². The van der Waals surface area contributed by atoms with Gasteiger partial charge in [-0.05, 0) is 6.26 Å². The highest BCUT2D eigenvalue weighted by atomic mass is 32.2. The maximum Gasteiger partial charge on any atom is 0.153 e. The van der Waals surface area contributed by atoms with Crippen LogP contribution >= 0.6 is 24.0 Å². The Morgan fingerprint density at radius 2 is 1.42 bits per heavy atom. The molecule has 0 radical (unpaired) electrons. The zero-order chi connectivity index (χ0) is 13.5. The molecule has 0 heterocycles. The number of nitrogens with zero attached hydrogens (tertiary/aromatic N) is 1. The molecule has 0 bridgehead atoms. The van der Waals surface area contributed by atoms with Crippen molar-refractivity contribution in [2.45, 2.75) is 0 Å². The maximum atomic E-state index is 5.12. The van der Waals surface area contributed by atoms with Gasteiger partial charge in [-0.25, -0.2) is 0 Å². The summed E-state index contributed by atoms with van der Waals surface area (Å²) >= 11 is 6.59. The highest BCUT2D eigenvalue weighted by molar-refractivity contribution is 8.22. The molecule has 96 valence electrons. The first-order chi connectivity index (χ1) is 9.31. The molecule has 0 unspecified atom stereocenters. The number of hydrogen-bond donors (Lipinski definition) is 1. The predicted molar refractivity (Wildman–Crippen MR) is 87.8 cm³/mol. The molecule has 0 fully saturated rings. The maximum absolute atomic E-state index is 5.12. The van der Waals surface area contributed by atoms with Gasteiger partial charge in [0, 0.05) is 11.1 Å². The molecule has 1 N–H and O–H groups in total. The molecule has 2 nitrogen and oxygen atoms in total. The zero-order valence-electron chi connectivity index (χ0n) is 10.5. The first-order valence-corrected chi connectivity index (χ1v) is 7.47. The van der Waals surface area contributed by atoms with E-state index in [9.17, 15) is 0 Å². The Kier molecular flexibility index (Phi) is 5.12. The Bertz CT molecular complexity index is 524. The van der Waals surface area contributed by atoms with Gasteiger partial charge in [0.25, 0.3) is 0 Å². The summed E-state index contributed by atoms with van der Waals surface area (Å²) in [5.74, 6) is 0. The van der Waals surface area contributed by atoms with E-state index in [1.54, 1.807) is 0 Å². The van der Waals surface area contributed by atoms with Crippen molar-refractivity contribution in [2.24, 2.45) is 5.10 Å². The largest absolute Gasteiger partial charge is 0.262 e. The third kappa shape index (κ3) is 3.91. The lowest BCUT2D eigenvalue weighted by Gasteiger charge is -2.08. The second kappa shape index (κ2) is 7.07. The van der Waals surface area contributed by atoms with E-state index in [0.717, 1.165) is 16.8 Å². The lowest BCUT2D eigenvalue weighted by molar-refractivity contribution is 1.06. The van der Waals surface area contributed by atoms with Gasteiger partial charge in [-0.1, -0.05) is 84.6 Å². The van der Waals surface area contributed by atoms with E-state index in [-0.39, 0.29) is 0 Å². The van der Waals surface area contributed by atoms with Crippen LogP contribution in [0, 0.1) is 0 Å². The Morgan fingerprint density at radius 1 is 0.947 bits per heavy atom. The second-order valence-electron chi connectivity index (χ2n) is 3.80. The van der Waals surface area contributed by atoms with Crippen LogP contribution in [0.4, 0.5) is 0 Å². The van der Waals surface area contributed by atoms with Crippen LogP contribution in [0.15, 0.2) is 65.8 Å². The fraction of sp³-hybridized carbons (Fsp3) is 0.0667.